The van der Waals surface area contributed by atoms with Gasteiger partial charge in [-0.2, -0.15) is 0 Å². The van der Waals surface area contributed by atoms with E-state index in [9.17, 15) is 18.8 Å². The number of aromatic nitrogens is 1. The minimum Gasteiger partial charge on any atom is -0.463 e. The number of esters is 1. The zero-order valence-corrected chi connectivity index (χ0v) is 20.7. The predicted octanol–water partition coefficient (Wildman–Crippen LogP) is 4.50. The Hall–Kier alpha value is -4.33. The second-order valence-electron chi connectivity index (χ2n) is 8.71. The first kappa shape index (κ1) is 25.8. The Morgan fingerprint density at radius 3 is 2.46 bits per heavy atom. The fraction of sp³-hybridized carbons (Fsp3) is 0.241. The SMILES string of the molecule is CCOC(=O)C1=C(C)N(Cc2ccc(C(=O)NCc3ccccn3)cc2)C(=O)C[C@@H]1c1ccc(F)cc1. The predicted molar refractivity (Wildman–Crippen MR) is 135 cm³/mol. The molecule has 0 unspecified atom stereocenters. The van der Waals surface area contributed by atoms with Gasteiger partial charge in [-0.25, -0.2) is 9.18 Å². The molecule has 0 aliphatic carbocycles. The summed E-state index contributed by atoms with van der Waals surface area (Å²) in [5, 5.41) is 2.84. The number of pyridine rings is 1. The monoisotopic (exact) mass is 501 g/mol. The van der Waals surface area contributed by atoms with E-state index in [2.05, 4.69) is 10.3 Å². The Morgan fingerprint density at radius 2 is 1.81 bits per heavy atom. The van der Waals surface area contributed by atoms with E-state index in [1.54, 1.807) is 61.3 Å². The molecule has 1 aliphatic heterocycles. The Labute approximate surface area is 215 Å². The highest BCUT2D eigenvalue weighted by Crippen LogP contribution is 2.37. The first-order valence-corrected chi connectivity index (χ1v) is 12.1. The van der Waals surface area contributed by atoms with Gasteiger partial charge < -0.3 is 15.0 Å². The van der Waals surface area contributed by atoms with E-state index in [1.165, 1.54) is 12.1 Å². The highest BCUT2D eigenvalue weighted by atomic mass is 19.1. The molecule has 1 aromatic heterocycles. The van der Waals surface area contributed by atoms with Crippen LogP contribution in [-0.4, -0.2) is 34.3 Å². The molecular formula is C29H28FN3O4. The Kier molecular flexibility index (Phi) is 8.08. The number of allylic oxidation sites excluding steroid dienone is 1. The molecule has 190 valence electrons. The molecule has 2 heterocycles. The van der Waals surface area contributed by atoms with Crippen molar-refractivity contribution in [1.82, 2.24) is 15.2 Å². The summed E-state index contributed by atoms with van der Waals surface area (Å²) >= 11 is 0. The number of halogens is 1. The van der Waals surface area contributed by atoms with Crippen molar-refractivity contribution in [2.45, 2.75) is 39.3 Å². The molecule has 8 heteroatoms. The van der Waals surface area contributed by atoms with Crippen molar-refractivity contribution in [3.63, 3.8) is 0 Å². The maximum absolute atomic E-state index is 13.5. The number of nitrogens with one attached hydrogen (secondary N) is 1. The molecule has 4 rings (SSSR count). The Morgan fingerprint density at radius 1 is 1.08 bits per heavy atom. The average Bonchev–Trinajstić information content (AvgIpc) is 2.91. The minimum atomic E-state index is -0.520. The lowest BCUT2D eigenvalue weighted by molar-refractivity contribution is -0.140. The van der Waals surface area contributed by atoms with Crippen LogP contribution in [0.15, 0.2) is 84.2 Å². The largest absolute Gasteiger partial charge is 0.463 e. The van der Waals surface area contributed by atoms with E-state index >= 15 is 0 Å². The number of hydrogen-bond acceptors (Lipinski definition) is 5. The summed E-state index contributed by atoms with van der Waals surface area (Å²) in [5.74, 6) is -1.79. The van der Waals surface area contributed by atoms with Gasteiger partial charge in [0, 0.05) is 29.8 Å². The van der Waals surface area contributed by atoms with Gasteiger partial charge in [-0.3, -0.25) is 14.6 Å². The lowest BCUT2D eigenvalue weighted by Crippen LogP contribution is -2.38. The third-order valence-electron chi connectivity index (χ3n) is 6.30. The van der Waals surface area contributed by atoms with Gasteiger partial charge in [-0.05, 0) is 61.4 Å². The van der Waals surface area contributed by atoms with Crippen LogP contribution in [0.25, 0.3) is 0 Å². The minimum absolute atomic E-state index is 0.0606. The summed E-state index contributed by atoms with van der Waals surface area (Å²) in [6.07, 6.45) is 1.73. The van der Waals surface area contributed by atoms with Crippen molar-refractivity contribution in [2.24, 2.45) is 0 Å². The number of carbonyl (C=O) groups excluding carboxylic acids is 3. The van der Waals surface area contributed by atoms with Gasteiger partial charge in [0.05, 0.1) is 31.0 Å². The van der Waals surface area contributed by atoms with Crippen LogP contribution in [0.5, 0.6) is 0 Å². The van der Waals surface area contributed by atoms with Crippen molar-refractivity contribution in [3.8, 4) is 0 Å². The van der Waals surface area contributed by atoms with Crippen molar-refractivity contribution < 1.29 is 23.5 Å². The summed E-state index contributed by atoms with van der Waals surface area (Å²) in [4.78, 5) is 44.3. The van der Waals surface area contributed by atoms with Crippen LogP contribution in [0, 0.1) is 5.82 Å². The number of rotatable bonds is 8. The lowest BCUT2D eigenvalue weighted by Gasteiger charge is -2.34. The highest BCUT2D eigenvalue weighted by molar-refractivity contribution is 5.96. The summed E-state index contributed by atoms with van der Waals surface area (Å²) in [7, 11) is 0. The van der Waals surface area contributed by atoms with Crippen LogP contribution in [0.4, 0.5) is 4.39 Å². The van der Waals surface area contributed by atoms with Gasteiger partial charge in [0.2, 0.25) is 5.91 Å². The molecule has 2 amide bonds. The summed E-state index contributed by atoms with van der Waals surface area (Å²) in [6, 6.07) is 18.3. The molecular weight excluding hydrogens is 473 g/mol. The summed E-state index contributed by atoms with van der Waals surface area (Å²) in [5.41, 5.74) is 3.62. The quantitative estimate of drug-likeness (QED) is 0.459. The number of amides is 2. The number of benzene rings is 2. The van der Waals surface area contributed by atoms with Gasteiger partial charge in [0.1, 0.15) is 5.82 Å². The first-order valence-electron chi connectivity index (χ1n) is 12.1. The maximum Gasteiger partial charge on any atom is 0.336 e. The molecule has 37 heavy (non-hydrogen) atoms. The van der Waals surface area contributed by atoms with Gasteiger partial charge in [-0.1, -0.05) is 30.3 Å². The number of hydrogen-bond donors (Lipinski definition) is 1. The molecule has 3 aromatic rings. The van der Waals surface area contributed by atoms with E-state index in [1.807, 2.05) is 18.2 Å². The summed E-state index contributed by atoms with van der Waals surface area (Å²) < 4.78 is 18.8. The van der Waals surface area contributed by atoms with Crippen LogP contribution in [-0.2, 0) is 27.4 Å². The van der Waals surface area contributed by atoms with Crippen LogP contribution in [0.2, 0.25) is 0 Å². The van der Waals surface area contributed by atoms with Crippen LogP contribution < -0.4 is 5.32 Å². The first-order chi connectivity index (χ1) is 17.9. The van der Waals surface area contributed by atoms with Crippen LogP contribution >= 0.6 is 0 Å². The van der Waals surface area contributed by atoms with Gasteiger partial charge >= 0.3 is 5.97 Å². The second-order valence-corrected chi connectivity index (χ2v) is 8.71. The maximum atomic E-state index is 13.5. The topological polar surface area (TPSA) is 88.6 Å². The molecule has 0 spiro atoms. The molecule has 0 fully saturated rings. The fourth-order valence-electron chi connectivity index (χ4n) is 4.38. The second kappa shape index (κ2) is 11.6. The van der Waals surface area contributed by atoms with E-state index in [-0.39, 0.29) is 37.2 Å². The van der Waals surface area contributed by atoms with E-state index in [0.717, 1.165) is 11.3 Å². The third kappa shape index (κ3) is 6.09. The fourth-order valence-corrected chi connectivity index (χ4v) is 4.38. The van der Waals surface area contributed by atoms with E-state index < -0.39 is 11.9 Å². The lowest BCUT2D eigenvalue weighted by atomic mass is 9.83. The van der Waals surface area contributed by atoms with Crippen molar-refractivity contribution in [1.29, 1.82) is 0 Å². The molecule has 2 aromatic carbocycles. The number of carbonyl (C=O) groups is 3. The number of nitrogens with zero attached hydrogens (tertiary/aromatic N) is 2. The molecule has 0 saturated heterocycles. The van der Waals surface area contributed by atoms with Crippen molar-refractivity contribution in [2.75, 3.05) is 6.61 Å². The number of ether oxygens (including phenoxy) is 1. The zero-order chi connectivity index (χ0) is 26.4. The normalized spacial score (nSPS) is 15.5. The molecule has 0 radical (unpaired) electrons. The highest BCUT2D eigenvalue weighted by Gasteiger charge is 2.36. The Bertz CT molecular complexity index is 1310. The average molecular weight is 502 g/mol. The van der Waals surface area contributed by atoms with Crippen LogP contribution in [0.3, 0.4) is 0 Å². The Balaban J connectivity index is 1.52. The third-order valence-corrected chi connectivity index (χ3v) is 6.30. The molecule has 0 bridgehead atoms. The van der Waals surface area contributed by atoms with Crippen LogP contribution in [0.1, 0.15) is 53.4 Å². The molecule has 1 N–H and O–H groups in total. The molecule has 1 aliphatic rings. The molecule has 1 atom stereocenters. The van der Waals surface area contributed by atoms with Gasteiger partial charge in [0.25, 0.3) is 5.91 Å². The smallest absolute Gasteiger partial charge is 0.336 e. The summed E-state index contributed by atoms with van der Waals surface area (Å²) in [6.45, 7) is 4.20. The standard InChI is InChI=1S/C29H28FN3O4/c1-3-37-29(36)27-19(2)33(26(34)16-25(27)21-11-13-23(30)14-12-21)18-20-7-9-22(10-8-20)28(35)32-17-24-6-4-5-15-31-24/h4-15,25H,3,16-18H2,1-2H3,(H,32,35)/t25-/m1/s1. The van der Waals surface area contributed by atoms with Gasteiger partial charge in [-0.15, -0.1) is 0 Å². The van der Waals surface area contributed by atoms with E-state index in [4.69, 9.17) is 4.74 Å². The van der Waals surface area contributed by atoms with E-state index in [0.29, 0.717) is 28.9 Å². The van der Waals surface area contributed by atoms with Crippen molar-refractivity contribution in [3.05, 3.63) is 112 Å². The molecule has 0 saturated carbocycles. The van der Waals surface area contributed by atoms with Crippen molar-refractivity contribution >= 4 is 17.8 Å². The van der Waals surface area contributed by atoms with Gasteiger partial charge in [0.15, 0.2) is 0 Å². The molecule has 7 nitrogen and oxygen atoms in total. The zero-order valence-electron chi connectivity index (χ0n) is 20.7.